The van der Waals surface area contributed by atoms with Crippen LogP contribution in [0.5, 0.6) is 0 Å². The van der Waals surface area contributed by atoms with Gasteiger partial charge in [0, 0.05) is 61.0 Å². The largest absolute Gasteiger partial charge is 0.352 e. The van der Waals surface area contributed by atoms with Crippen LogP contribution in [0.1, 0.15) is 79.8 Å². The number of fused-ring (bicyclic) bond motifs is 1. The predicted molar refractivity (Wildman–Crippen MR) is 109 cm³/mol. The highest BCUT2D eigenvalue weighted by molar-refractivity contribution is 5.79. The fourth-order valence-corrected chi connectivity index (χ4v) is 5.02. The average Bonchev–Trinajstić information content (AvgIpc) is 3.27. The Morgan fingerprint density at radius 3 is 2.71 bits per heavy atom. The maximum Gasteiger partial charge on any atom is 0.223 e. The highest BCUT2D eigenvalue weighted by Gasteiger charge is 2.29. The molecule has 2 aromatic heterocycles. The van der Waals surface area contributed by atoms with Gasteiger partial charge in [0.05, 0.1) is 5.69 Å². The third kappa shape index (κ3) is 3.61. The number of amides is 1. The van der Waals surface area contributed by atoms with E-state index in [1.165, 1.54) is 43.6 Å². The Bertz CT molecular complexity index is 843. The van der Waals surface area contributed by atoms with Crippen molar-refractivity contribution in [3.63, 3.8) is 0 Å². The van der Waals surface area contributed by atoms with Gasteiger partial charge < -0.3 is 9.88 Å². The van der Waals surface area contributed by atoms with Crippen molar-refractivity contribution in [3.8, 4) is 0 Å². The molecule has 0 radical (unpaired) electrons. The molecular weight excluding hydrogens is 350 g/mol. The van der Waals surface area contributed by atoms with E-state index in [-0.39, 0.29) is 11.8 Å². The third-order valence-corrected chi connectivity index (χ3v) is 6.74. The van der Waals surface area contributed by atoms with Crippen molar-refractivity contribution in [3.05, 3.63) is 34.7 Å². The smallest absolute Gasteiger partial charge is 0.223 e. The average molecular weight is 384 g/mol. The topological polar surface area (TPSA) is 64.7 Å². The third-order valence-electron chi connectivity index (χ3n) is 6.74. The lowest BCUT2D eigenvalue weighted by atomic mass is 9.88. The monoisotopic (exact) mass is 383 g/mol. The molecule has 6 nitrogen and oxygen atoms in total. The van der Waals surface area contributed by atoms with Crippen LogP contribution in [0.3, 0.4) is 0 Å². The Morgan fingerprint density at radius 2 is 2.00 bits per heavy atom. The van der Waals surface area contributed by atoms with Gasteiger partial charge >= 0.3 is 0 Å². The van der Waals surface area contributed by atoms with Gasteiger partial charge in [-0.15, -0.1) is 0 Å². The second kappa shape index (κ2) is 8.10. The SMILES string of the molecule is CCn1nc(C)c(CNC(=O)C2CCn3c(cnc3C3CCCCC3)C2)c1C. The van der Waals surface area contributed by atoms with E-state index >= 15 is 0 Å². The highest BCUT2D eigenvalue weighted by atomic mass is 16.1. The van der Waals surface area contributed by atoms with Crippen molar-refractivity contribution in [2.75, 3.05) is 0 Å². The van der Waals surface area contributed by atoms with Gasteiger partial charge in [-0.3, -0.25) is 9.48 Å². The Hall–Kier alpha value is -2.11. The number of carbonyl (C=O) groups is 1. The van der Waals surface area contributed by atoms with E-state index in [1.54, 1.807) is 0 Å². The minimum atomic E-state index is 0.0465. The molecule has 1 N–H and O–H groups in total. The molecule has 1 amide bonds. The molecule has 0 saturated heterocycles. The van der Waals surface area contributed by atoms with E-state index < -0.39 is 0 Å². The Kier molecular flexibility index (Phi) is 5.56. The summed E-state index contributed by atoms with van der Waals surface area (Å²) in [5.41, 5.74) is 4.55. The number of nitrogens with one attached hydrogen (secondary N) is 1. The summed E-state index contributed by atoms with van der Waals surface area (Å²) in [5, 5.41) is 7.72. The zero-order valence-electron chi connectivity index (χ0n) is 17.5. The summed E-state index contributed by atoms with van der Waals surface area (Å²) in [7, 11) is 0. The summed E-state index contributed by atoms with van der Waals surface area (Å²) >= 11 is 0. The summed E-state index contributed by atoms with van der Waals surface area (Å²) < 4.78 is 4.40. The summed E-state index contributed by atoms with van der Waals surface area (Å²) in [6, 6.07) is 0. The summed E-state index contributed by atoms with van der Waals surface area (Å²) in [5.74, 6) is 2.10. The van der Waals surface area contributed by atoms with E-state index in [0.717, 1.165) is 42.9 Å². The Morgan fingerprint density at radius 1 is 1.21 bits per heavy atom. The standard InChI is InChI=1S/C22H33N5O/c1-4-27-16(3)20(15(2)25-27)14-24-22(28)18-10-11-26-19(12-18)13-23-21(26)17-8-6-5-7-9-17/h13,17-18H,4-12,14H2,1-3H3,(H,24,28). The molecule has 0 bridgehead atoms. The molecule has 1 aliphatic heterocycles. The zero-order chi connectivity index (χ0) is 19.7. The van der Waals surface area contributed by atoms with E-state index in [4.69, 9.17) is 4.98 Å². The lowest BCUT2D eigenvalue weighted by Crippen LogP contribution is -2.35. The van der Waals surface area contributed by atoms with Crippen molar-refractivity contribution >= 4 is 5.91 Å². The molecule has 2 aromatic rings. The van der Waals surface area contributed by atoms with Crippen LogP contribution in [0.15, 0.2) is 6.20 Å². The van der Waals surface area contributed by atoms with Crippen LogP contribution >= 0.6 is 0 Å². The van der Waals surface area contributed by atoms with Crippen molar-refractivity contribution in [2.45, 2.75) is 91.3 Å². The first-order valence-corrected chi connectivity index (χ1v) is 10.9. The highest BCUT2D eigenvalue weighted by Crippen LogP contribution is 2.34. The van der Waals surface area contributed by atoms with Crippen LogP contribution in [-0.2, 0) is 30.8 Å². The lowest BCUT2D eigenvalue weighted by molar-refractivity contribution is -0.125. The predicted octanol–water partition coefficient (Wildman–Crippen LogP) is 3.64. The second-order valence-corrected chi connectivity index (χ2v) is 8.47. The van der Waals surface area contributed by atoms with Gasteiger partial charge in [0.2, 0.25) is 5.91 Å². The molecule has 28 heavy (non-hydrogen) atoms. The quantitative estimate of drug-likeness (QED) is 0.857. The van der Waals surface area contributed by atoms with E-state index in [0.29, 0.717) is 12.5 Å². The van der Waals surface area contributed by atoms with Gasteiger partial charge in [-0.2, -0.15) is 5.10 Å². The second-order valence-electron chi connectivity index (χ2n) is 8.47. The number of aryl methyl sites for hydroxylation is 2. The van der Waals surface area contributed by atoms with Crippen molar-refractivity contribution < 1.29 is 4.79 Å². The van der Waals surface area contributed by atoms with Gasteiger partial charge in [-0.25, -0.2) is 4.98 Å². The number of rotatable bonds is 5. The number of carbonyl (C=O) groups excluding carboxylic acids is 1. The van der Waals surface area contributed by atoms with Gasteiger partial charge in [0.15, 0.2) is 0 Å². The first-order valence-electron chi connectivity index (χ1n) is 10.9. The molecule has 152 valence electrons. The minimum Gasteiger partial charge on any atom is -0.352 e. The van der Waals surface area contributed by atoms with E-state index in [2.05, 4.69) is 28.8 Å². The summed E-state index contributed by atoms with van der Waals surface area (Å²) in [4.78, 5) is 17.6. The number of hydrogen-bond acceptors (Lipinski definition) is 3. The maximum atomic E-state index is 12.8. The summed E-state index contributed by atoms with van der Waals surface area (Å²) in [6.45, 7) is 8.54. The van der Waals surface area contributed by atoms with E-state index in [9.17, 15) is 4.79 Å². The normalized spacial score (nSPS) is 20.2. The Labute approximate surface area is 167 Å². The number of nitrogens with zero attached hydrogens (tertiary/aromatic N) is 4. The van der Waals surface area contributed by atoms with Crippen molar-refractivity contribution in [1.82, 2.24) is 24.6 Å². The van der Waals surface area contributed by atoms with Crippen molar-refractivity contribution in [2.24, 2.45) is 5.92 Å². The molecule has 6 heteroatoms. The number of aromatic nitrogens is 4. The molecule has 0 aromatic carbocycles. The molecule has 3 heterocycles. The maximum absolute atomic E-state index is 12.8. The molecule has 1 aliphatic carbocycles. The molecule has 0 spiro atoms. The zero-order valence-corrected chi connectivity index (χ0v) is 17.5. The number of hydrogen-bond donors (Lipinski definition) is 1. The fraction of sp³-hybridized carbons (Fsp3) is 0.682. The van der Waals surface area contributed by atoms with Crippen LogP contribution in [0, 0.1) is 19.8 Å². The first kappa shape index (κ1) is 19.2. The number of imidazole rings is 1. The van der Waals surface area contributed by atoms with Crippen LogP contribution in [0.25, 0.3) is 0 Å². The lowest BCUT2D eigenvalue weighted by Gasteiger charge is -2.27. The van der Waals surface area contributed by atoms with Gasteiger partial charge in [0.1, 0.15) is 5.82 Å². The van der Waals surface area contributed by atoms with E-state index in [1.807, 2.05) is 17.8 Å². The van der Waals surface area contributed by atoms with Crippen molar-refractivity contribution in [1.29, 1.82) is 0 Å². The minimum absolute atomic E-state index is 0.0465. The molecule has 1 fully saturated rings. The molecule has 1 saturated carbocycles. The Balaban J connectivity index is 1.38. The van der Waals surface area contributed by atoms with Crippen LogP contribution < -0.4 is 5.32 Å². The first-order chi connectivity index (χ1) is 13.6. The molecule has 2 aliphatic rings. The van der Waals surface area contributed by atoms with Crippen LogP contribution in [-0.4, -0.2) is 25.2 Å². The van der Waals surface area contributed by atoms with Gasteiger partial charge in [0.25, 0.3) is 0 Å². The van der Waals surface area contributed by atoms with Crippen LogP contribution in [0.2, 0.25) is 0 Å². The molecule has 1 atom stereocenters. The van der Waals surface area contributed by atoms with Crippen LogP contribution in [0.4, 0.5) is 0 Å². The van der Waals surface area contributed by atoms with Gasteiger partial charge in [-0.1, -0.05) is 19.3 Å². The molecule has 4 rings (SSSR count). The molecule has 1 unspecified atom stereocenters. The summed E-state index contributed by atoms with van der Waals surface area (Å²) in [6.07, 6.45) is 10.3. The fourth-order valence-electron chi connectivity index (χ4n) is 5.02. The molecular formula is C22H33N5O. The van der Waals surface area contributed by atoms with Gasteiger partial charge in [-0.05, 0) is 40.0 Å².